The van der Waals surface area contributed by atoms with Crippen LogP contribution in [0, 0.1) is 23.7 Å². The molecule has 7 heteroatoms. The molecule has 0 aliphatic carbocycles. The first-order valence-electron chi connectivity index (χ1n) is 5.57. The minimum atomic E-state index is -0.468. The maximum atomic E-state index is 11.0. The number of carbonyl (C=O) groups excluding carboxylic acids is 1. The van der Waals surface area contributed by atoms with E-state index in [2.05, 4.69) is 29.0 Å². The van der Waals surface area contributed by atoms with E-state index in [9.17, 15) is 4.79 Å². The molecule has 0 aromatic heterocycles. The van der Waals surface area contributed by atoms with Gasteiger partial charge < -0.3 is 15.8 Å². The molecule has 0 atom stereocenters. The van der Waals surface area contributed by atoms with Gasteiger partial charge in [0.15, 0.2) is 0 Å². The fraction of sp³-hybridized carbons (Fsp3) is 0.615. The van der Waals surface area contributed by atoms with E-state index in [1.165, 1.54) is 0 Å². The van der Waals surface area contributed by atoms with Crippen LogP contribution in [0.3, 0.4) is 0 Å². The van der Waals surface area contributed by atoms with E-state index in [1.54, 1.807) is 20.8 Å². The van der Waals surface area contributed by atoms with Crippen LogP contribution < -0.4 is 11.1 Å². The van der Waals surface area contributed by atoms with Crippen molar-refractivity contribution in [3.8, 4) is 23.7 Å². The number of nitrogens with two attached hydrogens (primary N) is 1. The predicted octanol–water partition coefficient (Wildman–Crippen LogP) is 2.36. The lowest BCUT2D eigenvalue weighted by molar-refractivity contribution is 0.0535. The van der Waals surface area contributed by atoms with Gasteiger partial charge in [0.1, 0.15) is 5.60 Å². The third-order valence-electron chi connectivity index (χ3n) is 1.21. The number of hydrogen-bond donors (Lipinski definition) is 2. The van der Waals surface area contributed by atoms with Crippen LogP contribution in [0.2, 0.25) is 0 Å². The molecule has 116 valence electrons. The number of halogens is 3. The van der Waals surface area contributed by atoms with Crippen LogP contribution in [-0.2, 0) is 4.74 Å². The third kappa shape index (κ3) is 25.9. The summed E-state index contributed by atoms with van der Waals surface area (Å²) in [7, 11) is 0. The Balaban J connectivity index is -0.000000352. The van der Waals surface area contributed by atoms with Crippen LogP contribution >= 0.6 is 35.6 Å². The molecule has 0 rings (SSSR count). The Kier molecular flexibility index (Phi) is 19.7. The highest BCUT2D eigenvalue weighted by Gasteiger charge is 2.14. The van der Waals surface area contributed by atoms with E-state index in [-0.39, 0.29) is 24.8 Å². The molecule has 0 saturated heterocycles. The number of hydrogen-bond acceptors (Lipinski definition) is 3. The van der Waals surface area contributed by atoms with Crippen LogP contribution in [-0.4, -0.2) is 36.5 Å². The van der Waals surface area contributed by atoms with Crippen molar-refractivity contribution < 1.29 is 9.53 Å². The first-order valence-corrected chi connectivity index (χ1v) is 6.64. The first kappa shape index (κ1) is 24.3. The summed E-state index contributed by atoms with van der Waals surface area (Å²) >= 11 is 10.5. The summed E-state index contributed by atoms with van der Waals surface area (Å²) in [5.41, 5.74) is 4.51. The Morgan fingerprint density at radius 3 is 2.00 bits per heavy atom. The normalized spacial score (nSPS) is 8.30. The van der Waals surface area contributed by atoms with Gasteiger partial charge in [-0.25, -0.2) is 4.79 Å². The van der Waals surface area contributed by atoms with Crippen molar-refractivity contribution in [2.45, 2.75) is 26.4 Å². The summed E-state index contributed by atoms with van der Waals surface area (Å²) in [5.74, 6) is 11.1. The van der Waals surface area contributed by atoms with E-state index in [0.717, 1.165) is 0 Å². The molecule has 0 aliphatic heterocycles. The van der Waals surface area contributed by atoms with Crippen LogP contribution in [0.1, 0.15) is 20.8 Å². The number of ether oxygens (including phenoxy) is 1. The Hall–Kier alpha value is -0.780. The number of alkyl halides is 2. The smallest absolute Gasteiger partial charge is 0.408 e. The monoisotopic (exact) mass is 342 g/mol. The zero-order valence-electron chi connectivity index (χ0n) is 11.9. The van der Waals surface area contributed by atoms with Gasteiger partial charge in [-0.3, -0.25) is 0 Å². The highest BCUT2D eigenvalue weighted by molar-refractivity contribution is 6.19. The van der Waals surface area contributed by atoms with Gasteiger partial charge in [0.05, 0.1) is 24.8 Å². The lowest BCUT2D eigenvalue weighted by Crippen LogP contribution is -2.32. The fourth-order valence-corrected chi connectivity index (χ4v) is 0.849. The number of amides is 1. The Morgan fingerprint density at radius 1 is 1.15 bits per heavy atom. The van der Waals surface area contributed by atoms with Gasteiger partial charge in [-0.2, -0.15) is 0 Å². The summed E-state index contributed by atoms with van der Waals surface area (Å²) in [6.07, 6.45) is -0.462. The molecule has 1 amide bonds. The summed E-state index contributed by atoms with van der Waals surface area (Å²) in [6, 6.07) is 0. The standard InChI is InChI=1S/C9H14ClNO2.C4H6ClN.ClH/c1-9(2,3)13-8(12)11-7-5-4-6-10;5-3-1-2-4-6;/h6-7H2,1-3H3,(H,11,12);3-4,6H2;1H. The molecule has 4 nitrogen and oxygen atoms in total. The predicted molar refractivity (Wildman–Crippen MR) is 87.5 cm³/mol. The van der Waals surface area contributed by atoms with Gasteiger partial charge in [-0.05, 0) is 20.8 Å². The zero-order valence-corrected chi connectivity index (χ0v) is 14.2. The lowest BCUT2D eigenvalue weighted by atomic mass is 10.2. The first-order chi connectivity index (χ1) is 8.87. The van der Waals surface area contributed by atoms with Gasteiger partial charge in [0.2, 0.25) is 0 Å². The average Bonchev–Trinajstić information content (AvgIpc) is 2.31. The Bertz CT molecular complexity index is 352. The van der Waals surface area contributed by atoms with E-state index < -0.39 is 11.7 Å². The minimum absolute atomic E-state index is 0. The van der Waals surface area contributed by atoms with Crippen LogP contribution in [0.4, 0.5) is 4.79 Å². The summed E-state index contributed by atoms with van der Waals surface area (Å²) in [4.78, 5) is 11.0. The second-order valence-electron chi connectivity index (χ2n) is 4.03. The van der Waals surface area contributed by atoms with Crippen LogP contribution in [0.5, 0.6) is 0 Å². The number of carbonyl (C=O) groups is 1. The van der Waals surface area contributed by atoms with E-state index in [4.69, 9.17) is 33.7 Å². The van der Waals surface area contributed by atoms with Gasteiger partial charge >= 0.3 is 6.09 Å². The number of alkyl carbamates (subject to hydrolysis) is 1. The molecule has 0 spiro atoms. The molecular formula is C13H21Cl3N2O2. The van der Waals surface area contributed by atoms with Crippen molar-refractivity contribution in [2.75, 3.05) is 24.8 Å². The number of nitrogens with one attached hydrogen (secondary N) is 1. The third-order valence-corrected chi connectivity index (χ3v) is 1.47. The molecule has 0 saturated carbocycles. The molecule has 3 N–H and O–H groups in total. The Labute approximate surface area is 137 Å². The van der Waals surface area contributed by atoms with Crippen LogP contribution in [0.25, 0.3) is 0 Å². The SMILES string of the molecule is CC(C)(C)OC(=O)NCC#CCCl.Cl.NCC#CCCl. The molecule has 0 aliphatic rings. The summed E-state index contributed by atoms with van der Waals surface area (Å²) in [5, 5.41) is 2.48. The molecule has 0 aromatic rings. The van der Waals surface area contributed by atoms with Gasteiger partial charge in [-0.15, -0.1) is 35.6 Å². The van der Waals surface area contributed by atoms with Crippen molar-refractivity contribution >= 4 is 41.7 Å². The van der Waals surface area contributed by atoms with Crippen molar-refractivity contribution in [1.29, 1.82) is 0 Å². The van der Waals surface area contributed by atoms with Crippen molar-refractivity contribution in [3.05, 3.63) is 0 Å². The van der Waals surface area contributed by atoms with E-state index in [1.807, 2.05) is 0 Å². The molecule has 0 bridgehead atoms. The molecule has 0 radical (unpaired) electrons. The Morgan fingerprint density at radius 2 is 1.65 bits per heavy atom. The second-order valence-corrected chi connectivity index (χ2v) is 4.57. The molecule has 0 heterocycles. The maximum absolute atomic E-state index is 11.0. The van der Waals surface area contributed by atoms with Crippen molar-refractivity contribution in [1.82, 2.24) is 5.32 Å². The highest BCUT2D eigenvalue weighted by atomic mass is 35.5. The molecule has 0 aromatic carbocycles. The molecule has 0 unspecified atom stereocenters. The average molecular weight is 344 g/mol. The fourth-order valence-electron chi connectivity index (χ4n) is 0.660. The van der Waals surface area contributed by atoms with Gasteiger partial charge in [-0.1, -0.05) is 23.7 Å². The van der Waals surface area contributed by atoms with E-state index >= 15 is 0 Å². The van der Waals surface area contributed by atoms with Gasteiger partial charge in [0.25, 0.3) is 0 Å². The van der Waals surface area contributed by atoms with Crippen LogP contribution in [0.15, 0.2) is 0 Å². The minimum Gasteiger partial charge on any atom is -0.444 e. The molecule has 20 heavy (non-hydrogen) atoms. The number of rotatable bonds is 1. The highest BCUT2D eigenvalue weighted by Crippen LogP contribution is 2.05. The zero-order chi connectivity index (χ0) is 15.1. The van der Waals surface area contributed by atoms with Crippen molar-refractivity contribution in [3.63, 3.8) is 0 Å². The summed E-state index contributed by atoms with van der Waals surface area (Å²) < 4.78 is 4.97. The second kappa shape index (κ2) is 16.3. The molecule has 0 fully saturated rings. The largest absolute Gasteiger partial charge is 0.444 e. The topological polar surface area (TPSA) is 64.3 Å². The van der Waals surface area contributed by atoms with E-state index in [0.29, 0.717) is 12.4 Å². The van der Waals surface area contributed by atoms with Gasteiger partial charge in [0, 0.05) is 0 Å². The van der Waals surface area contributed by atoms with Crippen molar-refractivity contribution in [2.24, 2.45) is 5.73 Å². The lowest BCUT2D eigenvalue weighted by Gasteiger charge is -2.18. The summed E-state index contributed by atoms with van der Waals surface area (Å²) in [6.45, 7) is 6.08. The quantitative estimate of drug-likeness (QED) is 0.567. The maximum Gasteiger partial charge on any atom is 0.408 e. The molecular weight excluding hydrogens is 323 g/mol.